The third-order valence-corrected chi connectivity index (χ3v) is 4.49. The molecule has 0 saturated heterocycles. The molecular formula is C20H17F2N5. The van der Waals surface area contributed by atoms with Gasteiger partial charge in [-0.2, -0.15) is 0 Å². The fraction of sp³-hybridized carbons (Fsp3) is 0.150. The molecule has 4 rings (SSSR count). The van der Waals surface area contributed by atoms with Crippen LogP contribution in [0.3, 0.4) is 0 Å². The largest absolute Gasteiger partial charge is 0.382 e. The lowest BCUT2D eigenvalue weighted by molar-refractivity contribution is 0.0131. The molecule has 3 N–H and O–H groups in total. The van der Waals surface area contributed by atoms with Crippen LogP contribution in [0.15, 0.2) is 55.5 Å². The minimum absolute atomic E-state index is 0.207. The minimum Gasteiger partial charge on any atom is -0.382 e. The Balaban J connectivity index is 1.65. The van der Waals surface area contributed by atoms with Crippen molar-refractivity contribution in [2.75, 3.05) is 11.1 Å². The monoisotopic (exact) mass is 365 g/mol. The van der Waals surface area contributed by atoms with Crippen molar-refractivity contribution in [2.45, 2.75) is 18.8 Å². The van der Waals surface area contributed by atoms with E-state index in [2.05, 4.69) is 26.8 Å². The van der Waals surface area contributed by atoms with E-state index in [-0.39, 0.29) is 18.7 Å². The molecule has 0 bridgehead atoms. The lowest BCUT2D eigenvalue weighted by Gasteiger charge is -2.15. The molecule has 2 heterocycles. The van der Waals surface area contributed by atoms with Crippen LogP contribution in [0.2, 0.25) is 0 Å². The predicted molar refractivity (Wildman–Crippen MR) is 101 cm³/mol. The summed E-state index contributed by atoms with van der Waals surface area (Å²) in [5.74, 6) is -2.52. The lowest BCUT2D eigenvalue weighted by Crippen LogP contribution is -2.15. The summed E-state index contributed by atoms with van der Waals surface area (Å²) in [7, 11) is 0. The number of benzene rings is 1. The van der Waals surface area contributed by atoms with Crippen molar-refractivity contribution in [1.82, 2.24) is 15.0 Å². The van der Waals surface area contributed by atoms with Gasteiger partial charge in [0.2, 0.25) is 0 Å². The Morgan fingerprint density at radius 1 is 1.15 bits per heavy atom. The van der Waals surface area contributed by atoms with E-state index in [1.807, 2.05) is 6.07 Å². The number of pyridine rings is 1. The van der Waals surface area contributed by atoms with Crippen molar-refractivity contribution in [1.29, 1.82) is 0 Å². The molecule has 1 aliphatic carbocycles. The number of hydrogen-bond acceptors (Lipinski definition) is 5. The molecule has 5 nitrogen and oxygen atoms in total. The lowest BCUT2D eigenvalue weighted by atomic mass is 10.1. The van der Waals surface area contributed by atoms with Gasteiger partial charge in [0, 0.05) is 36.5 Å². The maximum absolute atomic E-state index is 13.8. The van der Waals surface area contributed by atoms with Crippen molar-refractivity contribution < 1.29 is 8.78 Å². The van der Waals surface area contributed by atoms with Crippen LogP contribution < -0.4 is 11.1 Å². The number of rotatable bonds is 4. The zero-order valence-corrected chi connectivity index (χ0v) is 14.4. The van der Waals surface area contributed by atoms with Crippen LogP contribution in [0.4, 0.5) is 20.3 Å². The van der Waals surface area contributed by atoms with Gasteiger partial charge in [-0.05, 0) is 29.3 Å². The van der Waals surface area contributed by atoms with Gasteiger partial charge >= 0.3 is 0 Å². The average molecular weight is 365 g/mol. The van der Waals surface area contributed by atoms with E-state index >= 15 is 0 Å². The topological polar surface area (TPSA) is 76.7 Å². The third-order valence-electron chi connectivity index (χ3n) is 4.49. The molecule has 3 aromatic rings. The van der Waals surface area contributed by atoms with Gasteiger partial charge in [0.15, 0.2) is 5.82 Å². The van der Waals surface area contributed by atoms with Crippen LogP contribution in [0, 0.1) is 0 Å². The van der Waals surface area contributed by atoms with E-state index in [0.717, 1.165) is 5.56 Å². The summed E-state index contributed by atoms with van der Waals surface area (Å²) < 4.78 is 27.6. The highest BCUT2D eigenvalue weighted by atomic mass is 19.3. The molecule has 0 spiro atoms. The summed E-state index contributed by atoms with van der Waals surface area (Å²) in [6.45, 7) is 3.98. The van der Waals surface area contributed by atoms with E-state index in [9.17, 15) is 8.78 Å². The molecule has 7 heteroatoms. The second-order valence-electron chi connectivity index (χ2n) is 6.49. The molecule has 0 unspecified atom stereocenters. The van der Waals surface area contributed by atoms with Crippen LogP contribution in [0.1, 0.15) is 16.8 Å². The van der Waals surface area contributed by atoms with Gasteiger partial charge in [0.05, 0.1) is 17.6 Å². The quantitative estimate of drug-likeness (QED) is 0.732. The van der Waals surface area contributed by atoms with E-state index in [0.29, 0.717) is 33.9 Å². The zero-order chi connectivity index (χ0) is 19.0. The van der Waals surface area contributed by atoms with Gasteiger partial charge in [-0.25, -0.2) is 18.7 Å². The summed E-state index contributed by atoms with van der Waals surface area (Å²) in [5.41, 5.74) is 9.95. The average Bonchev–Trinajstić information content (AvgIpc) is 2.98. The molecule has 136 valence electrons. The van der Waals surface area contributed by atoms with Crippen molar-refractivity contribution in [3.8, 4) is 11.3 Å². The zero-order valence-electron chi connectivity index (χ0n) is 14.4. The number of nitrogen functional groups attached to an aromatic ring is 1. The van der Waals surface area contributed by atoms with Crippen LogP contribution in [-0.2, 0) is 12.8 Å². The number of nitrogens with two attached hydrogens (primary N) is 1. The minimum atomic E-state index is -2.72. The van der Waals surface area contributed by atoms with Crippen LogP contribution in [-0.4, -0.2) is 20.9 Å². The highest BCUT2D eigenvalue weighted by Crippen LogP contribution is 2.39. The van der Waals surface area contributed by atoms with Crippen molar-refractivity contribution in [3.05, 3.63) is 72.3 Å². The standard InChI is InChI=1S/C20H17F2N5/c1-12(26-16-6-2-4-13-8-20(21,22)9-15(13)16)18-19(23)25-11-17(27-18)14-5-3-7-24-10-14/h2-7,10-11,26H,1,8-9H2,(H2,23,25). The Hall–Kier alpha value is -3.35. The van der Waals surface area contributed by atoms with E-state index in [4.69, 9.17) is 5.73 Å². The number of anilines is 2. The van der Waals surface area contributed by atoms with E-state index in [1.165, 1.54) is 0 Å². The first-order valence-electron chi connectivity index (χ1n) is 8.41. The molecule has 0 saturated carbocycles. The number of fused-ring (bicyclic) bond motifs is 1. The number of alkyl halides is 2. The van der Waals surface area contributed by atoms with Gasteiger partial charge in [0.1, 0.15) is 5.69 Å². The SMILES string of the molecule is C=C(Nc1cccc2c1CC(F)(F)C2)c1nc(-c2cccnc2)cnc1N. The number of nitrogens with zero attached hydrogens (tertiary/aromatic N) is 3. The highest BCUT2D eigenvalue weighted by Gasteiger charge is 2.38. The van der Waals surface area contributed by atoms with Crippen LogP contribution in [0.25, 0.3) is 17.0 Å². The van der Waals surface area contributed by atoms with Crippen molar-refractivity contribution >= 4 is 17.2 Å². The summed E-state index contributed by atoms with van der Waals surface area (Å²) in [5, 5.41) is 3.09. The van der Waals surface area contributed by atoms with Gasteiger partial charge in [-0.1, -0.05) is 18.7 Å². The fourth-order valence-electron chi connectivity index (χ4n) is 3.22. The fourth-order valence-corrected chi connectivity index (χ4v) is 3.22. The van der Waals surface area contributed by atoms with Crippen LogP contribution in [0.5, 0.6) is 0 Å². The Kier molecular flexibility index (Phi) is 4.07. The van der Waals surface area contributed by atoms with Gasteiger partial charge in [-0.15, -0.1) is 0 Å². The molecule has 0 atom stereocenters. The van der Waals surface area contributed by atoms with Crippen molar-refractivity contribution in [2.24, 2.45) is 0 Å². The Morgan fingerprint density at radius 3 is 2.78 bits per heavy atom. The smallest absolute Gasteiger partial charge is 0.256 e. The first-order valence-corrected chi connectivity index (χ1v) is 8.41. The summed E-state index contributed by atoms with van der Waals surface area (Å²) in [6, 6.07) is 8.88. The molecular weight excluding hydrogens is 348 g/mol. The maximum Gasteiger partial charge on any atom is 0.256 e. The molecule has 1 aromatic carbocycles. The predicted octanol–water partition coefficient (Wildman–Crippen LogP) is 3.94. The Bertz CT molecular complexity index is 1020. The summed E-state index contributed by atoms with van der Waals surface area (Å²) in [6.07, 6.45) is 4.36. The summed E-state index contributed by atoms with van der Waals surface area (Å²) in [4.78, 5) is 12.8. The van der Waals surface area contributed by atoms with Gasteiger partial charge < -0.3 is 11.1 Å². The Labute approximate surface area is 155 Å². The molecule has 27 heavy (non-hydrogen) atoms. The first-order chi connectivity index (χ1) is 12.9. The second kappa shape index (κ2) is 6.42. The summed E-state index contributed by atoms with van der Waals surface area (Å²) >= 11 is 0. The number of nitrogens with one attached hydrogen (secondary N) is 1. The molecule has 0 fully saturated rings. The molecule has 0 radical (unpaired) electrons. The molecule has 0 aliphatic heterocycles. The molecule has 2 aromatic heterocycles. The number of halogens is 2. The number of aromatic nitrogens is 3. The van der Waals surface area contributed by atoms with E-state index < -0.39 is 5.92 Å². The third kappa shape index (κ3) is 3.36. The van der Waals surface area contributed by atoms with E-state index in [1.54, 1.807) is 42.9 Å². The van der Waals surface area contributed by atoms with Gasteiger partial charge in [0.25, 0.3) is 5.92 Å². The van der Waals surface area contributed by atoms with Crippen LogP contribution >= 0.6 is 0 Å². The first kappa shape index (κ1) is 17.1. The Morgan fingerprint density at radius 2 is 2.00 bits per heavy atom. The van der Waals surface area contributed by atoms with Crippen molar-refractivity contribution in [3.63, 3.8) is 0 Å². The molecule has 1 aliphatic rings. The number of hydrogen-bond donors (Lipinski definition) is 2. The highest BCUT2D eigenvalue weighted by molar-refractivity contribution is 5.80. The maximum atomic E-state index is 13.8. The normalized spacial score (nSPS) is 14.6. The second-order valence-corrected chi connectivity index (χ2v) is 6.49. The molecule has 0 amide bonds. The van der Waals surface area contributed by atoms with Gasteiger partial charge in [-0.3, -0.25) is 4.98 Å².